The molecule has 1 aromatic carbocycles. The first kappa shape index (κ1) is 16.2. The van der Waals surface area contributed by atoms with Gasteiger partial charge in [-0.2, -0.15) is 13.2 Å². The third-order valence-corrected chi connectivity index (χ3v) is 5.48. The summed E-state index contributed by atoms with van der Waals surface area (Å²) in [5.41, 5.74) is -0.595. The molecule has 19 heavy (non-hydrogen) atoms. The van der Waals surface area contributed by atoms with Crippen molar-refractivity contribution in [1.82, 2.24) is 0 Å². The Balaban J connectivity index is 3.31. The molecule has 1 aromatic rings. The molecule has 0 amide bonds. The standard InChI is InChI=1S/C12H16F3O3P/c1-3-11(4-2,19(16,17)18)9-5-7-10(8-6-9)12(13,14)15/h5-8H,3-4H2,1-2H3,(H2,16,17,18). The maximum absolute atomic E-state index is 12.5. The van der Waals surface area contributed by atoms with Crippen LogP contribution in [-0.4, -0.2) is 9.79 Å². The quantitative estimate of drug-likeness (QED) is 0.828. The second-order valence-corrected chi connectivity index (χ2v) is 6.30. The van der Waals surface area contributed by atoms with Gasteiger partial charge in [-0.1, -0.05) is 26.0 Å². The highest BCUT2D eigenvalue weighted by Gasteiger charge is 2.45. The molecule has 0 saturated carbocycles. The van der Waals surface area contributed by atoms with Crippen molar-refractivity contribution in [1.29, 1.82) is 0 Å². The van der Waals surface area contributed by atoms with Crippen LogP contribution in [0.3, 0.4) is 0 Å². The maximum atomic E-state index is 12.5. The van der Waals surface area contributed by atoms with E-state index in [1.807, 2.05) is 0 Å². The van der Waals surface area contributed by atoms with Crippen LogP contribution < -0.4 is 0 Å². The number of alkyl halides is 3. The average Bonchev–Trinajstić information content (AvgIpc) is 2.29. The van der Waals surface area contributed by atoms with Gasteiger partial charge in [0, 0.05) is 0 Å². The summed E-state index contributed by atoms with van der Waals surface area (Å²) in [7, 11) is -4.47. The van der Waals surface area contributed by atoms with E-state index in [0.29, 0.717) is 0 Å². The van der Waals surface area contributed by atoms with E-state index in [2.05, 4.69) is 0 Å². The van der Waals surface area contributed by atoms with Crippen LogP contribution in [0, 0.1) is 0 Å². The maximum Gasteiger partial charge on any atom is 0.416 e. The zero-order valence-corrected chi connectivity index (χ0v) is 11.5. The van der Waals surface area contributed by atoms with Gasteiger partial charge in [0.2, 0.25) is 0 Å². The van der Waals surface area contributed by atoms with Crippen molar-refractivity contribution in [3.05, 3.63) is 35.4 Å². The van der Waals surface area contributed by atoms with E-state index in [1.165, 1.54) is 0 Å². The second-order valence-electron chi connectivity index (χ2n) is 4.36. The SMILES string of the molecule is CCC(CC)(c1ccc(C(F)(F)F)cc1)P(=O)(O)O. The average molecular weight is 296 g/mol. The lowest BCUT2D eigenvalue weighted by molar-refractivity contribution is -0.137. The van der Waals surface area contributed by atoms with E-state index in [1.54, 1.807) is 13.8 Å². The Hall–Kier alpha value is -0.840. The van der Waals surface area contributed by atoms with Gasteiger partial charge in [-0.3, -0.25) is 4.57 Å². The minimum Gasteiger partial charge on any atom is -0.324 e. The van der Waals surface area contributed by atoms with E-state index >= 15 is 0 Å². The fourth-order valence-corrected chi connectivity index (χ4v) is 3.52. The van der Waals surface area contributed by atoms with E-state index in [-0.39, 0.29) is 18.4 Å². The van der Waals surface area contributed by atoms with Crippen LogP contribution in [0.5, 0.6) is 0 Å². The largest absolute Gasteiger partial charge is 0.416 e. The Morgan fingerprint density at radius 1 is 1.00 bits per heavy atom. The Morgan fingerprint density at radius 3 is 1.63 bits per heavy atom. The minimum absolute atomic E-state index is 0.152. The number of rotatable bonds is 4. The summed E-state index contributed by atoms with van der Waals surface area (Å²) in [5, 5.41) is -1.42. The normalized spacial score (nSPS) is 13.6. The summed E-state index contributed by atoms with van der Waals surface area (Å²) in [5.74, 6) is 0. The molecule has 1 rings (SSSR count). The molecule has 0 spiro atoms. The summed E-state index contributed by atoms with van der Waals surface area (Å²) < 4.78 is 49.1. The predicted octanol–water partition coefficient (Wildman–Crippen LogP) is 3.90. The summed E-state index contributed by atoms with van der Waals surface area (Å²) in [4.78, 5) is 19.0. The molecule has 0 aromatic heterocycles. The topological polar surface area (TPSA) is 57.5 Å². The van der Waals surface area contributed by atoms with Crippen molar-refractivity contribution in [2.45, 2.75) is 38.0 Å². The molecule has 7 heteroatoms. The number of halogens is 3. The molecule has 0 fully saturated rings. The molecule has 0 aliphatic carbocycles. The van der Waals surface area contributed by atoms with Crippen molar-refractivity contribution in [3.63, 3.8) is 0 Å². The highest BCUT2D eigenvalue weighted by Crippen LogP contribution is 2.60. The lowest BCUT2D eigenvalue weighted by Gasteiger charge is -2.33. The third kappa shape index (κ3) is 3.02. The van der Waals surface area contributed by atoms with E-state index in [0.717, 1.165) is 24.3 Å². The van der Waals surface area contributed by atoms with Crippen LogP contribution in [-0.2, 0) is 15.9 Å². The van der Waals surface area contributed by atoms with Gasteiger partial charge in [-0.15, -0.1) is 0 Å². The molecule has 0 saturated heterocycles. The minimum atomic E-state index is -4.47. The van der Waals surface area contributed by atoms with Crippen LogP contribution in [0.1, 0.15) is 37.8 Å². The van der Waals surface area contributed by atoms with Crippen molar-refractivity contribution in [3.8, 4) is 0 Å². The van der Waals surface area contributed by atoms with Gasteiger partial charge in [0.25, 0.3) is 0 Å². The molecule has 0 heterocycles. The van der Waals surface area contributed by atoms with Gasteiger partial charge in [0.15, 0.2) is 0 Å². The first-order chi connectivity index (χ1) is 8.58. The lowest BCUT2D eigenvalue weighted by atomic mass is 9.92. The summed E-state index contributed by atoms with van der Waals surface area (Å²) in [6, 6.07) is 4.00. The van der Waals surface area contributed by atoms with Crippen molar-refractivity contribution in [2.75, 3.05) is 0 Å². The molecular formula is C12H16F3O3P. The van der Waals surface area contributed by atoms with Crippen LogP contribution in [0.25, 0.3) is 0 Å². The van der Waals surface area contributed by atoms with Gasteiger partial charge >= 0.3 is 13.8 Å². The van der Waals surface area contributed by atoms with Crippen molar-refractivity contribution < 1.29 is 27.5 Å². The van der Waals surface area contributed by atoms with Crippen LogP contribution in [0.2, 0.25) is 0 Å². The fourth-order valence-electron chi connectivity index (χ4n) is 2.21. The van der Waals surface area contributed by atoms with Gasteiger partial charge in [0.1, 0.15) is 0 Å². The first-order valence-corrected chi connectivity index (χ1v) is 7.43. The Kier molecular flexibility index (Phi) is 4.50. The molecular weight excluding hydrogens is 280 g/mol. The van der Waals surface area contributed by atoms with Gasteiger partial charge in [0.05, 0.1) is 10.7 Å². The van der Waals surface area contributed by atoms with Crippen LogP contribution in [0.4, 0.5) is 13.2 Å². The van der Waals surface area contributed by atoms with E-state index < -0.39 is 24.5 Å². The molecule has 0 aliphatic heterocycles. The van der Waals surface area contributed by atoms with E-state index in [4.69, 9.17) is 0 Å². The molecule has 0 radical (unpaired) electrons. The smallest absolute Gasteiger partial charge is 0.324 e. The molecule has 0 aliphatic rings. The monoisotopic (exact) mass is 296 g/mol. The first-order valence-electron chi connectivity index (χ1n) is 5.82. The summed E-state index contributed by atoms with van der Waals surface area (Å²) in [6.07, 6.45) is -4.15. The zero-order valence-electron chi connectivity index (χ0n) is 10.6. The molecule has 2 N–H and O–H groups in total. The highest BCUT2D eigenvalue weighted by molar-refractivity contribution is 7.53. The second kappa shape index (κ2) is 5.27. The lowest BCUT2D eigenvalue weighted by Crippen LogP contribution is -2.24. The molecule has 108 valence electrons. The number of hydrogen-bond acceptors (Lipinski definition) is 1. The van der Waals surface area contributed by atoms with E-state index in [9.17, 15) is 27.5 Å². The Morgan fingerprint density at radius 2 is 1.37 bits per heavy atom. The van der Waals surface area contributed by atoms with Crippen LogP contribution in [0.15, 0.2) is 24.3 Å². The van der Waals surface area contributed by atoms with Crippen molar-refractivity contribution in [2.24, 2.45) is 0 Å². The van der Waals surface area contributed by atoms with Crippen molar-refractivity contribution >= 4 is 7.60 Å². The fraction of sp³-hybridized carbons (Fsp3) is 0.500. The summed E-state index contributed by atoms with van der Waals surface area (Å²) in [6.45, 7) is 3.22. The van der Waals surface area contributed by atoms with Gasteiger partial charge in [-0.05, 0) is 30.5 Å². The van der Waals surface area contributed by atoms with Gasteiger partial charge in [-0.25, -0.2) is 0 Å². The number of hydrogen-bond donors (Lipinski definition) is 2. The van der Waals surface area contributed by atoms with Gasteiger partial charge < -0.3 is 9.79 Å². The molecule has 0 unspecified atom stereocenters. The molecule has 3 nitrogen and oxygen atoms in total. The summed E-state index contributed by atoms with van der Waals surface area (Å²) >= 11 is 0. The van der Waals surface area contributed by atoms with Crippen LogP contribution >= 0.6 is 7.60 Å². The predicted molar refractivity (Wildman–Crippen MR) is 65.7 cm³/mol. The zero-order chi connectivity index (χ0) is 14.9. The Labute approximate surface area is 109 Å². The molecule has 0 bridgehead atoms. The number of benzene rings is 1. The Bertz CT molecular complexity index is 472. The molecule has 0 atom stereocenters. The third-order valence-electron chi connectivity index (χ3n) is 3.48. The highest BCUT2D eigenvalue weighted by atomic mass is 31.2.